The minimum Gasteiger partial charge on any atom is -0.463 e. The first kappa shape index (κ1) is 13.7. The van der Waals surface area contributed by atoms with Crippen LogP contribution in [0.5, 0.6) is 0 Å². The van der Waals surface area contributed by atoms with Crippen LogP contribution >= 0.6 is 0 Å². The quantitative estimate of drug-likeness (QED) is 0.861. The lowest BCUT2D eigenvalue weighted by Crippen LogP contribution is -2.21. The molecule has 0 unspecified atom stereocenters. The molecule has 0 aliphatic carbocycles. The molecule has 2 aromatic rings. The van der Waals surface area contributed by atoms with E-state index in [1.807, 2.05) is 13.1 Å². The predicted molar refractivity (Wildman–Crippen MR) is 79.4 cm³/mol. The number of furan rings is 1. The number of aryl methyl sites for hydroxylation is 1. The van der Waals surface area contributed by atoms with Gasteiger partial charge in [-0.05, 0) is 44.7 Å². The summed E-state index contributed by atoms with van der Waals surface area (Å²) in [6.07, 6.45) is 0. The first-order valence-electron chi connectivity index (χ1n) is 6.77. The van der Waals surface area contributed by atoms with Gasteiger partial charge in [-0.15, -0.1) is 0 Å². The van der Waals surface area contributed by atoms with Crippen molar-refractivity contribution in [3.8, 4) is 0 Å². The lowest BCUT2D eigenvalue weighted by Gasteiger charge is -2.21. The number of nitrogens with one attached hydrogen (secondary N) is 1. The van der Waals surface area contributed by atoms with Crippen molar-refractivity contribution in [1.29, 1.82) is 0 Å². The highest BCUT2D eigenvalue weighted by molar-refractivity contribution is 5.46. The molecular formula is C16H22N2O. The third-order valence-electron chi connectivity index (χ3n) is 3.26. The van der Waals surface area contributed by atoms with Gasteiger partial charge in [-0.2, -0.15) is 0 Å². The lowest BCUT2D eigenvalue weighted by molar-refractivity contribution is 0.449. The highest BCUT2D eigenvalue weighted by atomic mass is 16.3. The van der Waals surface area contributed by atoms with Gasteiger partial charge in [-0.1, -0.05) is 18.2 Å². The van der Waals surface area contributed by atoms with Crippen LogP contribution in [-0.2, 0) is 13.1 Å². The van der Waals surface area contributed by atoms with Gasteiger partial charge in [0.2, 0.25) is 0 Å². The molecule has 0 amide bonds. The Kier molecular flexibility index (Phi) is 4.63. The van der Waals surface area contributed by atoms with E-state index in [9.17, 15) is 0 Å². The second kappa shape index (κ2) is 6.43. The predicted octanol–water partition coefficient (Wildman–Crippen LogP) is 3.33. The molecule has 0 saturated carbocycles. The maximum atomic E-state index is 5.90. The van der Waals surface area contributed by atoms with Gasteiger partial charge in [-0.3, -0.25) is 0 Å². The normalized spacial score (nSPS) is 10.7. The van der Waals surface area contributed by atoms with Gasteiger partial charge in [0, 0.05) is 12.2 Å². The maximum absolute atomic E-state index is 5.90. The van der Waals surface area contributed by atoms with E-state index in [1.54, 1.807) is 0 Å². The molecule has 1 aromatic heterocycles. The van der Waals surface area contributed by atoms with E-state index in [-0.39, 0.29) is 0 Å². The highest BCUT2D eigenvalue weighted by Gasteiger charge is 2.11. The third kappa shape index (κ3) is 3.38. The van der Waals surface area contributed by atoms with Crippen LogP contribution in [0.15, 0.2) is 40.8 Å². The molecule has 1 aromatic carbocycles. The van der Waals surface area contributed by atoms with Gasteiger partial charge in [0.05, 0.1) is 13.1 Å². The van der Waals surface area contributed by atoms with Gasteiger partial charge in [-0.25, -0.2) is 0 Å². The Bertz CT molecular complexity index is 505. The summed E-state index contributed by atoms with van der Waals surface area (Å²) in [6.45, 7) is 6.81. The van der Waals surface area contributed by atoms with Crippen molar-refractivity contribution >= 4 is 5.69 Å². The van der Waals surface area contributed by atoms with E-state index in [0.29, 0.717) is 0 Å². The Morgan fingerprint density at radius 1 is 1.21 bits per heavy atom. The summed E-state index contributed by atoms with van der Waals surface area (Å²) < 4.78 is 5.90. The van der Waals surface area contributed by atoms with Crippen LogP contribution in [0.4, 0.5) is 5.69 Å². The zero-order valence-corrected chi connectivity index (χ0v) is 11.9. The molecule has 1 N–H and O–H groups in total. The van der Waals surface area contributed by atoms with Crippen LogP contribution in [0.2, 0.25) is 0 Å². The molecule has 0 saturated heterocycles. The molecule has 0 aliphatic rings. The monoisotopic (exact) mass is 258 g/mol. The first-order valence-corrected chi connectivity index (χ1v) is 6.77. The van der Waals surface area contributed by atoms with E-state index in [2.05, 4.69) is 54.4 Å². The summed E-state index contributed by atoms with van der Waals surface area (Å²) >= 11 is 0. The lowest BCUT2D eigenvalue weighted by atomic mass is 10.2. The fraction of sp³-hybridized carbons (Fsp3) is 0.375. The number of nitrogens with zero attached hydrogens (tertiary/aromatic N) is 1. The third-order valence-corrected chi connectivity index (χ3v) is 3.26. The molecule has 0 spiro atoms. The highest BCUT2D eigenvalue weighted by Crippen LogP contribution is 2.20. The smallest absolute Gasteiger partial charge is 0.123 e. The van der Waals surface area contributed by atoms with Crippen LogP contribution < -0.4 is 10.2 Å². The summed E-state index contributed by atoms with van der Waals surface area (Å²) in [5.74, 6) is 2.05. The second-order valence-electron chi connectivity index (χ2n) is 4.70. The average Bonchev–Trinajstić information content (AvgIpc) is 2.78. The van der Waals surface area contributed by atoms with Crippen molar-refractivity contribution in [2.75, 3.05) is 18.5 Å². The van der Waals surface area contributed by atoms with E-state index in [0.717, 1.165) is 31.2 Å². The van der Waals surface area contributed by atoms with Gasteiger partial charge in [0.15, 0.2) is 0 Å². The van der Waals surface area contributed by atoms with Crippen LogP contribution in [0.1, 0.15) is 24.0 Å². The zero-order chi connectivity index (χ0) is 13.7. The summed E-state index contributed by atoms with van der Waals surface area (Å²) in [7, 11) is 1.93. The van der Waals surface area contributed by atoms with Crippen molar-refractivity contribution < 1.29 is 4.42 Å². The number of para-hydroxylation sites is 1. The fourth-order valence-electron chi connectivity index (χ4n) is 2.22. The average molecular weight is 258 g/mol. The number of hydrogen-bond acceptors (Lipinski definition) is 3. The van der Waals surface area contributed by atoms with E-state index >= 15 is 0 Å². The maximum Gasteiger partial charge on any atom is 0.123 e. The molecule has 19 heavy (non-hydrogen) atoms. The van der Waals surface area contributed by atoms with Crippen LogP contribution in [0.3, 0.4) is 0 Å². The molecule has 3 nitrogen and oxygen atoms in total. The number of benzene rings is 1. The van der Waals surface area contributed by atoms with Gasteiger partial charge < -0.3 is 14.6 Å². The molecule has 0 bridgehead atoms. The van der Waals surface area contributed by atoms with E-state index in [4.69, 9.17) is 4.42 Å². The molecule has 1 heterocycles. The molecule has 0 aliphatic heterocycles. The Balaban J connectivity index is 2.12. The summed E-state index contributed by atoms with van der Waals surface area (Å²) in [6, 6.07) is 12.6. The molecule has 0 fully saturated rings. The fourth-order valence-corrected chi connectivity index (χ4v) is 2.22. The van der Waals surface area contributed by atoms with Crippen molar-refractivity contribution in [2.24, 2.45) is 0 Å². The molecule has 0 atom stereocenters. The minimum atomic E-state index is 0.781. The Morgan fingerprint density at radius 2 is 1.95 bits per heavy atom. The topological polar surface area (TPSA) is 28.4 Å². The van der Waals surface area contributed by atoms with Crippen LogP contribution in [0, 0.1) is 6.92 Å². The zero-order valence-electron chi connectivity index (χ0n) is 11.9. The van der Waals surface area contributed by atoms with Crippen molar-refractivity contribution in [3.63, 3.8) is 0 Å². The van der Waals surface area contributed by atoms with Crippen molar-refractivity contribution in [2.45, 2.75) is 26.9 Å². The van der Waals surface area contributed by atoms with Gasteiger partial charge in [0.1, 0.15) is 11.5 Å². The van der Waals surface area contributed by atoms with Crippen LogP contribution in [0.25, 0.3) is 0 Å². The first-order chi connectivity index (χ1) is 9.24. The summed E-state index contributed by atoms with van der Waals surface area (Å²) in [5, 5.41) is 3.13. The number of anilines is 1. The standard InChI is InChI=1S/C16H22N2O/c1-4-18(14-8-6-5-7-9-14)12-15-10-13(2)16(19-15)11-17-3/h5-10,17H,4,11-12H2,1-3H3. The van der Waals surface area contributed by atoms with Gasteiger partial charge in [0.25, 0.3) is 0 Å². The number of hydrogen-bond donors (Lipinski definition) is 1. The van der Waals surface area contributed by atoms with E-state index in [1.165, 1.54) is 11.3 Å². The Morgan fingerprint density at radius 3 is 2.58 bits per heavy atom. The van der Waals surface area contributed by atoms with Gasteiger partial charge >= 0.3 is 0 Å². The Hall–Kier alpha value is -1.74. The van der Waals surface area contributed by atoms with E-state index < -0.39 is 0 Å². The molecule has 3 heteroatoms. The molecular weight excluding hydrogens is 236 g/mol. The Labute approximate surface area is 115 Å². The SMILES string of the molecule is CCN(Cc1cc(C)c(CNC)o1)c1ccccc1. The van der Waals surface area contributed by atoms with Crippen molar-refractivity contribution in [1.82, 2.24) is 5.32 Å². The summed E-state index contributed by atoms with van der Waals surface area (Å²) in [5.41, 5.74) is 2.45. The molecule has 2 rings (SSSR count). The summed E-state index contributed by atoms with van der Waals surface area (Å²) in [4.78, 5) is 2.31. The number of rotatable bonds is 6. The molecule has 0 radical (unpaired) electrons. The molecule has 102 valence electrons. The largest absolute Gasteiger partial charge is 0.463 e. The van der Waals surface area contributed by atoms with Crippen molar-refractivity contribution in [3.05, 3.63) is 53.5 Å². The minimum absolute atomic E-state index is 0.781. The van der Waals surface area contributed by atoms with Crippen LogP contribution in [-0.4, -0.2) is 13.6 Å². The second-order valence-corrected chi connectivity index (χ2v) is 4.70.